The summed E-state index contributed by atoms with van der Waals surface area (Å²) in [5.74, 6) is -0.265. The van der Waals surface area contributed by atoms with E-state index in [0.29, 0.717) is 18.1 Å². The van der Waals surface area contributed by atoms with Crippen molar-refractivity contribution in [3.05, 3.63) is 71.0 Å². The number of carboxylic acid groups (broad SMARTS) is 1. The smallest absolute Gasteiger partial charge is 0.309 e. The van der Waals surface area contributed by atoms with Gasteiger partial charge in [-0.05, 0) is 29.8 Å². The first kappa shape index (κ1) is 19.5. The largest absolute Gasteiger partial charge is 0.481 e. The number of morpholine rings is 1. The monoisotopic (exact) mass is 411 g/mol. The van der Waals surface area contributed by atoms with E-state index in [-0.39, 0.29) is 11.6 Å². The van der Waals surface area contributed by atoms with Crippen molar-refractivity contribution in [2.45, 2.75) is 13.0 Å². The van der Waals surface area contributed by atoms with Gasteiger partial charge in [0, 0.05) is 30.9 Å². The van der Waals surface area contributed by atoms with E-state index in [4.69, 9.17) is 16.3 Å². The molecule has 1 fully saturated rings. The number of aromatic nitrogens is 2. The lowest BCUT2D eigenvalue weighted by atomic mass is 10.1. The van der Waals surface area contributed by atoms with Gasteiger partial charge in [-0.25, -0.2) is 4.98 Å². The Labute approximate surface area is 174 Å². The van der Waals surface area contributed by atoms with Crippen molar-refractivity contribution >= 4 is 23.3 Å². The van der Waals surface area contributed by atoms with Gasteiger partial charge in [0.1, 0.15) is 5.82 Å². The van der Waals surface area contributed by atoms with E-state index < -0.39 is 5.97 Å². The van der Waals surface area contributed by atoms with Crippen LogP contribution in [0.5, 0.6) is 0 Å². The van der Waals surface area contributed by atoms with Crippen molar-refractivity contribution in [1.29, 1.82) is 0 Å². The van der Waals surface area contributed by atoms with E-state index in [2.05, 4.69) is 22.0 Å². The number of imidazole rings is 1. The van der Waals surface area contributed by atoms with E-state index in [1.165, 1.54) is 0 Å². The molecule has 7 heteroatoms. The van der Waals surface area contributed by atoms with Gasteiger partial charge in [-0.1, -0.05) is 41.9 Å². The van der Waals surface area contributed by atoms with Gasteiger partial charge in [0.05, 0.1) is 25.3 Å². The van der Waals surface area contributed by atoms with Crippen LogP contribution >= 0.6 is 11.6 Å². The summed E-state index contributed by atoms with van der Waals surface area (Å²) in [6.45, 7) is 3.71. The van der Waals surface area contributed by atoms with Gasteiger partial charge in [0.25, 0.3) is 0 Å². The summed E-state index contributed by atoms with van der Waals surface area (Å²) in [6.07, 6.45) is -0.176. The van der Waals surface area contributed by atoms with Crippen molar-refractivity contribution < 1.29 is 14.6 Å². The molecule has 1 aromatic heterocycles. The molecule has 0 saturated carbocycles. The van der Waals surface area contributed by atoms with Gasteiger partial charge in [0.15, 0.2) is 5.15 Å². The molecule has 0 spiro atoms. The molecule has 1 aliphatic heterocycles. The molecular weight excluding hydrogens is 390 g/mol. The Morgan fingerprint density at radius 3 is 2.41 bits per heavy atom. The zero-order valence-corrected chi connectivity index (χ0v) is 16.7. The molecule has 4 rings (SSSR count). The highest BCUT2D eigenvalue weighted by molar-refractivity contribution is 6.30. The van der Waals surface area contributed by atoms with Crippen LogP contribution in [0, 0.1) is 0 Å². The minimum Gasteiger partial charge on any atom is -0.481 e. The first-order valence-electron chi connectivity index (χ1n) is 9.55. The number of nitrogens with zero attached hydrogens (tertiary/aromatic N) is 3. The summed E-state index contributed by atoms with van der Waals surface area (Å²) in [6, 6.07) is 18.0. The number of aliphatic carboxylic acids is 1. The highest BCUT2D eigenvalue weighted by Crippen LogP contribution is 2.29. The summed E-state index contributed by atoms with van der Waals surface area (Å²) in [7, 11) is 0. The molecule has 0 unspecified atom stereocenters. The zero-order valence-electron chi connectivity index (χ0n) is 15.9. The molecule has 150 valence electrons. The second-order valence-corrected chi connectivity index (χ2v) is 7.32. The van der Waals surface area contributed by atoms with Crippen LogP contribution in [0.2, 0.25) is 5.15 Å². The fourth-order valence-electron chi connectivity index (χ4n) is 3.57. The molecule has 2 aromatic carbocycles. The van der Waals surface area contributed by atoms with Crippen LogP contribution in [0.4, 0.5) is 5.69 Å². The Morgan fingerprint density at radius 1 is 1.07 bits per heavy atom. The Hall–Kier alpha value is -2.83. The third-order valence-corrected chi connectivity index (χ3v) is 5.33. The standard InChI is InChI=1S/C22H22ClN3O3/c23-21-19(14-20(27)28)26(15-16-4-2-1-3-5-16)22(24-21)17-6-8-18(9-7-17)25-10-12-29-13-11-25/h1-9H,10-15H2,(H,27,28). The highest BCUT2D eigenvalue weighted by Gasteiger charge is 2.20. The molecule has 6 nitrogen and oxygen atoms in total. The predicted octanol–water partition coefficient (Wildman–Crippen LogP) is 3.72. The SMILES string of the molecule is O=C(O)Cc1c(Cl)nc(-c2ccc(N3CCOCC3)cc2)n1Cc1ccccc1. The van der Waals surface area contributed by atoms with Crippen LogP contribution in [-0.4, -0.2) is 46.9 Å². The lowest BCUT2D eigenvalue weighted by Gasteiger charge is -2.28. The molecule has 1 saturated heterocycles. The van der Waals surface area contributed by atoms with E-state index in [9.17, 15) is 9.90 Å². The molecule has 29 heavy (non-hydrogen) atoms. The van der Waals surface area contributed by atoms with Gasteiger partial charge >= 0.3 is 5.97 Å². The van der Waals surface area contributed by atoms with Crippen molar-refractivity contribution in [1.82, 2.24) is 9.55 Å². The third-order valence-electron chi connectivity index (χ3n) is 5.03. The summed E-state index contributed by atoms with van der Waals surface area (Å²) >= 11 is 6.35. The Balaban J connectivity index is 1.69. The lowest BCUT2D eigenvalue weighted by Crippen LogP contribution is -2.36. The molecule has 0 amide bonds. The van der Waals surface area contributed by atoms with Crippen LogP contribution in [0.15, 0.2) is 54.6 Å². The van der Waals surface area contributed by atoms with E-state index in [1.54, 1.807) is 0 Å². The van der Waals surface area contributed by atoms with E-state index in [0.717, 1.165) is 43.1 Å². The molecule has 0 aliphatic carbocycles. The first-order valence-corrected chi connectivity index (χ1v) is 9.93. The van der Waals surface area contributed by atoms with Crippen molar-refractivity contribution in [2.24, 2.45) is 0 Å². The van der Waals surface area contributed by atoms with Gasteiger partial charge in [-0.15, -0.1) is 0 Å². The first-order chi connectivity index (χ1) is 14.1. The number of carbonyl (C=O) groups is 1. The molecule has 0 atom stereocenters. The maximum Gasteiger partial charge on any atom is 0.309 e. The van der Waals surface area contributed by atoms with Crippen LogP contribution in [-0.2, 0) is 22.5 Å². The summed E-state index contributed by atoms with van der Waals surface area (Å²) < 4.78 is 7.31. The summed E-state index contributed by atoms with van der Waals surface area (Å²) in [4.78, 5) is 18.2. The van der Waals surface area contributed by atoms with Gasteiger partial charge < -0.3 is 19.3 Å². The number of hydrogen-bond donors (Lipinski definition) is 1. The van der Waals surface area contributed by atoms with Crippen LogP contribution in [0.25, 0.3) is 11.4 Å². The highest BCUT2D eigenvalue weighted by atomic mass is 35.5. The number of anilines is 1. The van der Waals surface area contributed by atoms with Gasteiger partial charge in [-0.2, -0.15) is 0 Å². The van der Waals surface area contributed by atoms with Crippen molar-refractivity contribution in [3.63, 3.8) is 0 Å². The average Bonchev–Trinajstić information content (AvgIpc) is 3.04. The minimum atomic E-state index is -0.935. The Kier molecular flexibility index (Phi) is 5.83. The zero-order chi connectivity index (χ0) is 20.2. The van der Waals surface area contributed by atoms with Crippen LogP contribution in [0.3, 0.4) is 0 Å². The second-order valence-electron chi connectivity index (χ2n) is 6.96. The minimum absolute atomic E-state index is 0.176. The number of carboxylic acids is 1. The Bertz CT molecular complexity index is 981. The molecule has 2 heterocycles. The number of halogens is 1. The topological polar surface area (TPSA) is 67.6 Å². The average molecular weight is 412 g/mol. The van der Waals surface area contributed by atoms with Crippen LogP contribution in [0.1, 0.15) is 11.3 Å². The number of hydrogen-bond acceptors (Lipinski definition) is 4. The quantitative estimate of drug-likeness (QED) is 0.669. The molecule has 0 bridgehead atoms. The van der Waals surface area contributed by atoms with E-state index in [1.807, 2.05) is 47.0 Å². The maximum absolute atomic E-state index is 11.4. The molecular formula is C22H22ClN3O3. The third kappa shape index (κ3) is 4.44. The second kappa shape index (κ2) is 8.68. The lowest BCUT2D eigenvalue weighted by molar-refractivity contribution is -0.136. The number of rotatable bonds is 6. The van der Waals surface area contributed by atoms with Crippen molar-refractivity contribution in [2.75, 3.05) is 31.2 Å². The normalized spacial score (nSPS) is 14.2. The van der Waals surface area contributed by atoms with Crippen molar-refractivity contribution in [3.8, 4) is 11.4 Å². The van der Waals surface area contributed by atoms with Gasteiger partial charge in [0.2, 0.25) is 0 Å². The van der Waals surface area contributed by atoms with Gasteiger partial charge in [-0.3, -0.25) is 4.79 Å². The molecule has 3 aromatic rings. The molecule has 1 aliphatic rings. The Morgan fingerprint density at radius 2 is 1.76 bits per heavy atom. The number of ether oxygens (including phenoxy) is 1. The summed E-state index contributed by atoms with van der Waals surface area (Å²) in [5, 5.41) is 9.56. The summed E-state index contributed by atoms with van der Waals surface area (Å²) in [5.41, 5.74) is 3.60. The van der Waals surface area contributed by atoms with Crippen LogP contribution < -0.4 is 4.90 Å². The predicted molar refractivity (Wildman–Crippen MR) is 113 cm³/mol. The van der Waals surface area contributed by atoms with E-state index >= 15 is 0 Å². The fourth-order valence-corrected chi connectivity index (χ4v) is 3.82. The fraction of sp³-hybridized carbons (Fsp3) is 0.273. The maximum atomic E-state index is 11.4. The molecule has 1 N–H and O–H groups in total. The number of benzene rings is 2. The molecule has 0 radical (unpaired) electrons.